The Morgan fingerprint density at radius 3 is 2.59 bits per heavy atom. The van der Waals surface area contributed by atoms with Crippen molar-refractivity contribution in [1.82, 2.24) is 15.5 Å². The maximum absolute atomic E-state index is 12.2. The molecule has 0 unspecified atom stereocenters. The van der Waals surface area contributed by atoms with E-state index in [2.05, 4.69) is 15.5 Å². The van der Waals surface area contributed by atoms with Crippen molar-refractivity contribution in [1.29, 1.82) is 0 Å². The van der Waals surface area contributed by atoms with Crippen LogP contribution in [0.15, 0.2) is 22.7 Å². The van der Waals surface area contributed by atoms with Gasteiger partial charge in [0.25, 0.3) is 0 Å². The molecule has 7 heteroatoms. The fraction of sp³-hybridized carbons (Fsp3) is 0.550. The third-order valence-corrected chi connectivity index (χ3v) is 4.90. The lowest BCUT2D eigenvalue weighted by Crippen LogP contribution is -2.34. The first-order valence-electron chi connectivity index (χ1n) is 9.54. The third kappa shape index (κ3) is 5.21. The van der Waals surface area contributed by atoms with E-state index >= 15 is 0 Å². The molecule has 146 valence electrons. The summed E-state index contributed by atoms with van der Waals surface area (Å²) in [5, 5.41) is 7.15. The predicted octanol–water partition coefficient (Wildman–Crippen LogP) is 3.53. The van der Waals surface area contributed by atoms with Gasteiger partial charge in [0.2, 0.25) is 17.6 Å². The van der Waals surface area contributed by atoms with Gasteiger partial charge in [0.1, 0.15) is 0 Å². The number of nitrogens with zero attached hydrogens (tertiary/aromatic N) is 2. The van der Waals surface area contributed by atoms with E-state index in [1.165, 1.54) is 25.7 Å². The number of carbonyl (C=O) groups excluding carboxylic acids is 1. The second kappa shape index (κ2) is 9.39. The molecule has 0 aliphatic heterocycles. The smallest absolute Gasteiger partial charge is 0.227 e. The van der Waals surface area contributed by atoms with Crippen LogP contribution in [0.3, 0.4) is 0 Å². The van der Waals surface area contributed by atoms with Crippen LogP contribution in [0.5, 0.6) is 11.5 Å². The molecular formula is C20H27N3O4. The van der Waals surface area contributed by atoms with Crippen molar-refractivity contribution < 1.29 is 18.8 Å². The van der Waals surface area contributed by atoms with Gasteiger partial charge in [-0.2, -0.15) is 4.98 Å². The predicted molar refractivity (Wildman–Crippen MR) is 101 cm³/mol. The second-order valence-corrected chi connectivity index (χ2v) is 6.84. The molecule has 2 aromatic rings. The number of carbonyl (C=O) groups is 1. The molecule has 0 atom stereocenters. The summed E-state index contributed by atoms with van der Waals surface area (Å²) in [6.45, 7) is 0. The quantitative estimate of drug-likeness (QED) is 0.747. The summed E-state index contributed by atoms with van der Waals surface area (Å²) in [5.41, 5.74) is 0.769. The highest BCUT2D eigenvalue weighted by Crippen LogP contribution is 2.31. The van der Waals surface area contributed by atoms with Crippen molar-refractivity contribution in [3.05, 3.63) is 24.1 Å². The van der Waals surface area contributed by atoms with Crippen molar-refractivity contribution in [3.63, 3.8) is 0 Å². The van der Waals surface area contributed by atoms with E-state index in [-0.39, 0.29) is 5.91 Å². The first-order valence-corrected chi connectivity index (χ1v) is 9.54. The Balaban J connectivity index is 1.55. The summed E-state index contributed by atoms with van der Waals surface area (Å²) < 4.78 is 15.8. The Hall–Kier alpha value is -2.57. The van der Waals surface area contributed by atoms with Crippen molar-refractivity contribution in [3.8, 4) is 22.9 Å². The SMILES string of the molecule is COc1ccc(-c2noc(CCC(=O)NC3CCCCCC3)n2)cc1OC. The van der Waals surface area contributed by atoms with Crippen LogP contribution in [0, 0.1) is 0 Å². The van der Waals surface area contributed by atoms with E-state index in [9.17, 15) is 4.79 Å². The highest BCUT2D eigenvalue weighted by Gasteiger charge is 2.16. The summed E-state index contributed by atoms with van der Waals surface area (Å²) in [4.78, 5) is 16.6. The Morgan fingerprint density at radius 2 is 1.89 bits per heavy atom. The number of hydrogen-bond acceptors (Lipinski definition) is 6. The van der Waals surface area contributed by atoms with Crippen LogP contribution in [-0.2, 0) is 11.2 Å². The number of rotatable bonds is 7. The number of aryl methyl sites for hydroxylation is 1. The summed E-state index contributed by atoms with van der Waals surface area (Å²) in [5.74, 6) is 2.21. The Morgan fingerprint density at radius 1 is 1.15 bits per heavy atom. The molecule has 0 radical (unpaired) electrons. The van der Waals surface area contributed by atoms with Crippen LogP contribution in [0.25, 0.3) is 11.4 Å². The second-order valence-electron chi connectivity index (χ2n) is 6.84. The van der Waals surface area contributed by atoms with Crippen molar-refractivity contribution in [2.45, 2.75) is 57.4 Å². The highest BCUT2D eigenvalue weighted by molar-refractivity contribution is 5.76. The fourth-order valence-electron chi connectivity index (χ4n) is 3.39. The molecule has 0 spiro atoms. The molecule has 1 aliphatic carbocycles. The average molecular weight is 373 g/mol. The van der Waals surface area contributed by atoms with Gasteiger partial charge in [0, 0.05) is 24.4 Å². The summed E-state index contributed by atoms with van der Waals surface area (Å²) >= 11 is 0. The lowest BCUT2D eigenvalue weighted by molar-refractivity contribution is -0.121. The van der Waals surface area contributed by atoms with Gasteiger partial charge in [0.15, 0.2) is 11.5 Å². The van der Waals surface area contributed by atoms with Gasteiger partial charge in [-0.3, -0.25) is 4.79 Å². The molecule has 7 nitrogen and oxygen atoms in total. The molecule has 27 heavy (non-hydrogen) atoms. The normalized spacial score (nSPS) is 15.2. The first-order chi connectivity index (χ1) is 13.2. The van der Waals surface area contributed by atoms with E-state index in [0.29, 0.717) is 42.1 Å². The third-order valence-electron chi connectivity index (χ3n) is 4.90. The maximum Gasteiger partial charge on any atom is 0.227 e. The number of nitrogens with one attached hydrogen (secondary N) is 1. The molecule has 0 saturated heterocycles. The fourth-order valence-corrected chi connectivity index (χ4v) is 3.39. The van der Waals surface area contributed by atoms with E-state index in [1.54, 1.807) is 26.4 Å². The summed E-state index contributed by atoms with van der Waals surface area (Å²) in [6.07, 6.45) is 7.88. The van der Waals surface area contributed by atoms with Gasteiger partial charge in [0.05, 0.1) is 14.2 Å². The molecule has 1 saturated carbocycles. The van der Waals surface area contributed by atoms with E-state index in [0.717, 1.165) is 18.4 Å². The number of methoxy groups -OCH3 is 2. The lowest BCUT2D eigenvalue weighted by Gasteiger charge is -2.15. The zero-order valence-electron chi connectivity index (χ0n) is 16.0. The van der Waals surface area contributed by atoms with Crippen LogP contribution in [0.4, 0.5) is 0 Å². The van der Waals surface area contributed by atoms with E-state index in [1.807, 2.05) is 6.07 Å². The zero-order chi connectivity index (χ0) is 19.1. The average Bonchev–Trinajstić information content (AvgIpc) is 3.03. The molecule has 3 rings (SSSR count). The highest BCUT2D eigenvalue weighted by atomic mass is 16.5. The zero-order valence-corrected chi connectivity index (χ0v) is 16.0. The molecule has 0 bridgehead atoms. The minimum Gasteiger partial charge on any atom is -0.493 e. The first kappa shape index (κ1) is 19.2. The van der Waals surface area contributed by atoms with Gasteiger partial charge < -0.3 is 19.3 Å². The topological polar surface area (TPSA) is 86.5 Å². The molecule has 1 heterocycles. The molecule has 1 aliphatic rings. The minimum atomic E-state index is 0.0489. The monoisotopic (exact) mass is 373 g/mol. The minimum absolute atomic E-state index is 0.0489. The van der Waals surface area contributed by atoms with Gasteiger partial charge in [-0.1, -0.05) is 30.8 Å². The van der Waals surface area contributed by atoms with Crippen molar-refractivity contribution in [2.75, 3.05) is 14.2 Å². The van der Waals surface area contributed by atoms with E-state index < -0.39 is 0 Å². The number of ether oxygens (including phenoxy) is 2. The van der Waals surface area contributed by atoms with Gasteiger partial charge in [-0.05, 0) is 31.0 Å². The summed E-state index contributed by atoms with van der Waals surface area (Å²) in [7, 11) is 3.17. The standard InChI is InChI=1S/C20H27N3O4/c1-25-16-10-9-14(13-17(16)26-2)20-22-19(27-23-20)12-11-18(24)21-15-7-5-3-4-6-8-15/h9-10,13,15H,3-8,11-12H2,1-2H3,(H,21,24). The Labute approximate surface area is 159 Å². The van der Waals surface area contributed by atoms with Crippen LogP contribution < -0.4 is 14.8 Å². The van der Waals surface area contributed by atoms with Crippen LogP contribution in [0.2, 0.25) is 0 Å². The van der Waals surface area contributed by atoms with Gasteiger partial charge in [-0.25, -0.2) is 0 Å². The number of hydrogen-bond donors (Lipinski definition) is 1. The molecule has 1 N–H and O–H groups in total. The lowest BCUT2D eigenvalue weighted by atomic mass is 10.1. The molecular weight excluding hydrogens is 346 g/mol. The van der Waals surface area contributed by atoms with Crippen molar-refractivity contribution in [2.24, 2.45) is 0 Å². The van der Waals surface area contributed by atoms with Crippen LogP contribution in [0.1, 0.15) is 50.8 Å². The number of benzene rings is 1. The van der Waals surface area contributed by atoms with Crippen LogP contribution >= 0.6 is 0 Å². The summed E-state index contributed by atoms with van der Waals surface area (Å²) in [6, 6.07) is 5.75. The number of aromatic nitrogens is 2. The molecule has 1 fully saturated rings. The molecule has 1 amide bonds. The Kier molecular flexibility index (Phi) is 6.68. The van der Waals surface area contributed by atoms with Gasteiger partial charge in [-0.15, -0.1) is 0 Å². The molecule has 1 aromatic carbocycles. The largest absolute Gasteiger partial charge is 0.493 e. The van der Waals surface area contributed by atoms with Crippen molar-refractivity contribution >= 4 is 5.91 Å². The van der Waals surface area contributed by atoms with Gasteiger partial charge >= 0.3 is 0 Å². The van der Waals surface area contributed by atoms with E-state index in [4.69, 9.17) is 14.0 Å². The van der Waals surface area contributed by atoms with Crippen LogP contribution in [-0.4, -0.2) is 36.3 Å². The molecule has 1 aromatic heterocycles. The Bertz CT molecular complexity index is 751. The number of amides is 1. The maximum atomic E-state index is 12.2.